The summed E-state index contributed by atoms with van der Waals surface area (Å²) in [7, 11) is 0. The average molecular weight is 370 g/mol. The van der Waals surface area contributed by atoms with Gasteiger partial charge < -0.3 is 25.6 Å². The average Bonchev–Trinajstić information content (AvgIpc) is 2.52. The summed E-state index contributed by atoms with van der Waals surface area (Å²) < 4.78 is 10.7. The second kappa shape index (κ2) is 14.4. The lowest BCUT2D eigenvalue weighted by Gasteiger charge is -2.23. The lowest BCUT2D eigenvalue weighted by molar-refractivity contribution is -0.118. The van der Waals surface area contributed by atoms with E-state index < -0.39 is 17.6 Å². The molecule has 7 heteroatoms. The summed E-state index contributed by atoms with van der Waals surface area (Å²) >= 11 is 0. The molecular weight excluding hydrogens is 336 g/mol. The van der Waals surface area contributed by atoms with Crippen LogP contribution in [0.2, 0.25) is 0 Å². The zero-order valence-corrected chi connectivity index (χ0v) is 16.3. The Bertz CT molecular complexity index is 463. The van der Waals surface area contributed by atoms with Gasteiger partial charge in [-0.15, -0.1) is 5.92 Å². The van der Waals surface area contributed by atoms with Crippen molar-refractivity contribution in [2.45, 2.75) is 77.4 Å². The summed E-state index contributed by atoms with van der Waals surface area (Å²) in [5.41, 5.74) is 4.57. The summed E-state index contributed by atoms with van der Waals surface area (Å²) in [6, 6.07) is -0.363. The van der Waals surface area contributed by atoms with Gasteiger partial charge in [0.25, 0.3) is 0 Å². The van der Waals surface area contributed by atoms with Crippen LogP contribution in [0.5, 0.6) is 0 Å². The molecule has 0 radical (unpaired) electrons. The molecule has 1 unspecified atom stereocenters. The highest BCUT2D eigenvalue weighted by atomic mass is 16.6. The number of alkyl carbamates (subject to hydrolysis) is 1. The molecule has 1 atom stereocenters. The molecule has 0 fully saturated rings. The molecule has 0 bridgehead atoms. The molecule has 0 aliphatic carbocycles. The number of carbonyl (C=O) groups excluding carboxylic acids is 2. The zero-order valence-electron chi connectivity index (χ0n) is 16.3. The Morgan fingerprint density at radius 1 is 1.15 bits per heavy atom. The van der Waals surface area contributed by atoms with Crippen LogP contribution in [0.3, 0.4) is 0 Å². The fraction of sp³-hybridized carbons (Fsp3) is 0.789. The van der Waals surface area contributed by atoms with Crippen molar-refractivity contribution in [3.63, 3.8) is 0 Å². The number of aliphatic hydroxyl groups excluding tert-OH is 1. The van der Waals surface area contributed by atoms with E-state index >= 15 is 0 Å². The van der Waals surface area contributed by atoms with Crippen molar-refractivity contribution < 1.29 is 24.2 Å². The molecule has 26 heavy (non-hydrogen) atoms. The summed E-state index contributed by atoms with van der Waals surface area (Å²) in [5, 5.41) is 11.4. The highest BCUT2D eigenvalue weighted by molar-refractivity contribution is 5.74. The lowest BCUT2D eigenvalue weighted by Crippen LogP contribution is -2.42. The molecule has 150 valence electrons. The molecule has 4 N–H and O–H groups in total. The van der Waals surface area contributed by atoms with Crippen LogP contribution in [0.4, 0.5) is 4.79 Å². The van der Waals surface area contributed by atoms with Gasteiger partial charge in [0.2, 0.25) is 5.91 Å². The first-order valence-corrected chi connectivity index (χ1v) is 9.16. The van der Waals surface area contributed by atoms with E-state index in [1.807, 2.05) is 0 Å². The number of ether oxygens (including phenoxy) is 2. The number of carbonyl (C=O) groups is 2. The first-order valence-electron chi connectivity index (χ1n) is 9.16. The summed E-state index contributed by atoms with van der Waals surface area (Å²) in [6.45, 7) is 6.08. The molecule has 0 aliphatic heterocycles. The molecule has 2 amide bonds. The fourth-order valence-corrected chi connectivity index (χ4v) is 2.06. The monoisotopic (exact) mass is 370 g/mol. The smallest absolute Gasteiger partial charge is 0.407 e. The van der Waals surface area contributed by atoms with Crippen LogP contribution in [-0.2, 0) is 14.3 Å². The third kappa shape index (κ3) is 17.1. The van der Waals surface area contributed by atoms with Crippen LogP contribution >= 0.6 is 0 Å². The lowest BCUT2D eigenvalue weighted by atomic mass is 10.1. The van der Waals surface area contributed by atoms with Gasteiger partial charge in [0.15, 0.2) is 0 Å². The van der Waals surface area contributed by atoms with E-state index in [1.54, 1.807) is 20.8 Å². The molecule has 0 spiro atoms. The number of amides is 2. The Morgan fingerprint density at radius 2 is 1.85 bits per heavy atom. The quantitative estimate of drug-likeness (QED) is 0.360. The minimum Gasteiger partial charge on any atom is -0.444 e. The van der Waals surface area contributed by atoms with E-state index in [2.05, 4.69) is 17.2 Å². The Hall–Kier alpha value is -1.78. The molecule has 0 rings (SSSR count). The predicted octanol–water partition coefficient (Wildman–Crippen LogP) is 2.11. The number of aliphatic hydroxyl groups is 1. The molecule has 0 aromatic rings. The zero-order chi connectivity index (χ0) is 19.8. The number of hydrogen-bond donors (Lipinski definition) is 3. The Kier molecular flexibility index (Phi) is 13.4. The van der Waals surface area contributed by atoms with Gasteiger partial charge in [0.05, 0.1) is 12.6 Å². The van der Waals surface area contributed by atoms with Crippen LogP contribution in [0.1, 0.15) is 65.7 Å². The van der Waals surface area contributed by atoms with Gasteiger partial charge in [-0.05, 0) is 40.0 Å². The van der Waals surface area contributed by atoms with E-state index in [-0.39, 0.29) is 32.3 Å². The molecule has 0 aromatic heterocycles. The Morgan fingerprint density at radius 3 is 2.46 bits per heavy atom. The maximum atomic E-state index is 11.8. The van der Waals surface area contributed by atoms with Gasteiger partial charge in [-0.1, -0.05) is 18.8 Å². The highest BCUT2D eigenvalue weighted by Crippen LogP contribution is 2.08. The number of hydrogen-bond acceptors (Lipinski definition) is 5. The largest absolute Gasteiger partial charge is 0.444 e. The minimum atomic E-state index is -0.595. The molecule has 0 saturated carbocycles. The van der Waals surface area contributed by atoms with Crippen molar-refractivity contribution in [2.75, 3.05) is 19.8 Å². The van der Waals surface area contributed by atoms with Gasteiger partial charge in [-0.25, -0.2) is 4.79 Å². The molecule has 0 saturated heterocycles. The predicted molar refractivity (Wildman–Crippen MR) is 100 cm³/mol. The van der Waals surface area contributed by atoms with Crippen LogP contribution in [0.15, 0.2) is 0 Å². The van der Waals surface area contributed by atoms with E-state index in [4.69, 9.17) is 20.3 Å². The number of nitrogens with one attached hydrogen (secondary N) is 1. The number of rotatable bonds is 12. The Balaban J connectivity index is 4.11. The van der Waals surface area contributed by atoms with Crippen molar-refractivity contribution in [1.82, 2.24) is 5.32 Å². The van der Waals surface area contributed by atoms with Gasteiger partial charge in [0.1, 0.15) is 12.2 Å². The topological polar surface area (TPSA) is 111 Å². The SMILES string of the molecule is CC(C)(C)OC(=O)NC(CCC(N)=O)COCC#CCCCCCCO. The molecule has 0 aromatic carbocycles. The summed E-state index contributed by atoms with van der Waals surface area (Å²) in [5.74, 6) is 5.54. The van der Waals surface area contributed by atoms with Gasteiger partial charge in [0, 0.05) is 19.4 Å². The molecule has 0 heterocycles. The van der Waals surface area contributed by atoms with Crippen molar-refractivity contribution in [3.8, 4) is 11.8 Å². The first-order chi connectivity index (χ1) is 12.2. The van der Waals surface area contributed by atoms with Crippen LogP contribution in [-0.4, -0.2) is 48.6 Å². The highest BCUT2D eigenvalue weighted by Gasteiger charge is 2.20. The normalized spacial score (nSPS) is 12.0. The summed E-state index contributed by atoms with van der Waals surface area (Å²) in [6.07, 6.45) is 4.72. The number of primary amides is 1. The third-order valence-electron chi connectivity index (χ3n) is 3.29. The van der Waals surface area contributed by atoms with Crippen LogP contribution < -0.4 is 11.1 Å². The van der Waals surface area contributed by atoms with E-state index in [0.717, 1.165) is 32.1 Å². The van der Waals surface area contributed by atoms with E-state index in [9.17, 15) is 9.59 Å². The standard InChI is InChI=1S/C19H34N2O5/c1-19(2,3)26-18(24)21-16(11-12-17(20)23)15-25-14-10-8-6-4-5-7-9-13-22/h16,22H,4-7,9,11-15H2,1-3H3,(H2,20,23)(H,21,24). The molecule has 7 nitrogen and oxygen atoms in total. The second-order valence-electron chi connectivity index (χ2n) is 7.10. The maximum Gasteiger partial charge on any atom is 0.407 e. The first kappa shape index (κ1) is 24.2. The van der Waals surface area contributed by atoms with E-state index in [1.165, 1.54) is 0 Å². The molecular formula is C19H34N2O5. The number of unbranched alkanes of at least 4 members (excludes halogenated alkanes) is 4. The minimum absolute atomic E-state index is 0.156. The van der Waals surface area contributed by atoms with Crippen molar-refractivity contribution in [3.05, 3.63) is 0 Å². The van der Waals surface area contributed by atoms with Gasteiger partial charge in [-0.3, -0.25) is 4.79 Å². The second-order valence-corrected chi connectivity index (χ2v) is 7.10. The van der Waals surface area contributed by atoms with Gasteiger partial charge in [-0.2, -0.15) is 0 Å². The van der Waals surface area contributed by atoms with Crippen molar-refractivity contribution >= 4 is 12.0 Å². The van der Waals surface area contributed by atoms with Crippen LogP contribution in [0, 0.1) is 11.8 Å². The third-order valence-corrected chi connectivity index (χ3v) is 3.29. The van der Waals surface area contributed by atoms with Crippen LogP contribution in [0.25, 0.3) is 0 Å². The van der Waals surface area contributed by atoms with E-state index in [0.29, 0.717) is 6.42 Å². The maximum absolute atomic E-state index is 11.8. The fourth-order valence-electron chi connectivity index (χ4n) is 2.06. The number of nitrogens with two attached hydrogens (primary N) is 1. The van der Waals surface area contributed by atoms with Crippen molar-refractivity contribution in [2.24, 2.45) is 5.73 Å². The summed E-state index contributed by atoms with van der Waals surface area (Å²) in [4.78, 5) is 22.8. The van der Waals surface area contributed by atoms with Gasteiger partial charge >= 0.3 is 6.09 Å². The molecule has 0 aliphatic rings. The Labute approximate surface area is 157 Å². The van der Waals surface area contributed by atoms with Crippen molar-refractivity contribution in [1.29, 1.82) is 0 Å².